The SMILES string of the molecule is CC.CO/C(C)=C(/CC#CC1=CC(=O)OC1C1c2c(O)c3c(c(CNC(=O)CCl)c2CCN1C)OCO3)OC. The lowest BCUT2D eigenvalue weighted by Crippen LogP contribution is -2.41. The third-order valence-electron chi connectivity index (χ3n) is 6.65. The molecule has 1 aromatic carbocycles. The van der Waals surface area contributed by atoms with Crippen molar-refractivity contribution >= 4 is 23.5 Å². The zero-order valence-electron chi connectivity index (χ0n) is 23.1. The summed E-state index contributed by atoms with van der Waals surface area (Å²) in [4.78, 5) is 26.3. The molecule has 212 valence electrons. The minimum Gasteiger partial charge on any atom is -0.504 e. The average Bonchev–Trinajstić information content (AvgIpc) is 3.58. The van der Waals surface area contributed by atoms with Crippen LogP contribution >= 0.6 is 11.6 Å². The molecule has 0 spiro atoms. The van der Waals surface area contributed by atoms with E-state index in [0.717, 1.165) is 5.56 Å². The number of hydrogen-bond donors (Lipinski definition) is 2. The van der Waals surface area contributed by atoms with E-state index in [1.807, 2.05) is 25.8 Å². The van der Waals surface area contributed by atoms with Gasteiger partial charge in [-0.25, -0.2) is 4.79 Å². The van der Waals surface area contributed by atoms with Gasteiger partial charge in [-0.3, -0.25) is 9.69 Å². The number of amides is 1. The van der Waals surface area contributed by atoms with Gasteiger partial charge in [0.2, 0.25) is 18.4 Å². The fraction of sp³-hybridized carbons (Fsp3) is 0.500. The van der Waals surface area contributed by atoms with Gasteiger partial charge >= 0.3 is 5.97 Å². The van der Waals surface area contributed by atoms with Crippen LogP contribution in [0.3, 0.4) is 0 Å². The fourth-order valence-corrected chi connectivity index (χ4v) is 4.85. The molecule has 2 unspecified atom stereocenters. The molecule has 0 radical (unpaired) electrons. The second-order valence-corrected chi connectivity index (χ2v) is 8.96. The molecule has 3 heterocycles. The molecule has 0 fully saturated rings. The van der Waals surface area contributed by atoms with Gasteiger partial charge < -0.3 is 34.1 Å². The maximum atomic E-state index is 12.4. The zero-order valence-corrected chi connectivity index (χ0v) is 23.9. The van der Waals surface area contributed by atoms with Crippen LogP contribution in [-0.4, -0.2) is 68.5 Å². The maximum Gasteiger partial charge on any atom is 0.332 e. The lowest BCUT2D eigenvalue weighted by atomic mass is 9.83. The van der Waals surface area contributed by atoms with E-state index in [1.54, 1.807) is 14.0 Å². The number of phenolic OH excluding ortho intramolecular Hbond substituents is 1. The lowest BCUT2D eigenvalue weighted by molar-refractivity contribution is -0.141. The van der Waals surface area contributed by atoms with Crippen molar-refractivity contribution in [1.29, 1.82) is 0 Å². The van der Waals surface area contributed by atoms with E-state index < -0.39 is 18.1 Å². The number of alkyl halides is 1. The highest BCUT2D eigenvalue weighted by Crippen LogP contribution is 2.53. The van der Waals surface area contributed by atoms with Crippen molar-refractivity contribution in [1.82, 2.24) is 10.2 Å². The summed E-state index contributed by atoms with van der Waals surface area (Å²) in [6.07, 6.45) is 1.45. The number of rotatable bonds is 7. The van der Waals surface area contributed by atoms with E-state index >= 15 is 0 Å². The highest BCUT2D eigenvalue weighted by Gasteiger charge is 2.44. The number of benzene rings is 1. The fourth-order valence-electron chi connectivity index (χ4n) is 4.75. The molecule has 1 aromatic rings. The number of halogens is 1. The molecule has 10 nitrogen and oxygen atoms in total. The number of hydrogen-bond acceptors (Lipinski definition) is 9. The molecule has 2 atom stereocenters. The molecule has 0 saturated heterocycles. The van der Waals surface area contributed by atoms with Gasteiger partial charge in [0.1, 0.15) is 17.4 Å². The first-order valence-corrected chi connectivity index (χ1v) is 13.2. The summed E-state index contributed by atoms with van der Waals surface area (Å²) < 4.78 is 27.5. The van der Waals surface area contributed by atoms with Gasteiger partial charge in [-0.05, 0) is 26.0 Å². The molecule has 3 aliphatic heterocycles. The predicted molar refractivity (Wildman–Crippen MR) is 144 cm³/mol. The second kappa shape index (κ2) is 13.5. The Morgan fingerprint density at radius 2 is 1.97 bits per heavy atom. The highest BCUT2D eigenvalue weighted by molar-refractivity contribution is 6.27. The molecule has 11 heteroatoms. The van der Waals surface area contributed by atoms with Crippen molar-refractivity contribution in [2.24, 2.45) is 0 Å². The summed E-state index contributed by atoms with van der Waals surface area (Å²) in [6.45, 7) is 6.46. The van der Waals surface area contributed by atoms with Crippen molar-refractivity contribution in [3.8, 4) is 29.1 Å². The quantitative estimate of drug-likeness (QED) is 0.223. The number of esters is 1. The number of carbonyl (C=O) groups is 2. The van der Waals surface area contributed by atoms with Crippen LogP contribution in [0.25, 0.3) is 0 Å². The van der Waals surface area contributed by atoms with Gasteiger partial charge in [-0.1, -0.05) is 25.7 Å². The van der Waals surface area contributed by atoms with Gasteiger partial charge in [0.15, 0.2) is 17.6 Å². The molecular weight excluding hydrogens is 528 g/mol. The minimum atomic E-state index is -0.765. The van der Waals surface area contributed by atoms with E-state index in [-0.39, 0.29) is 43.0 Å². The van der Waals surface area contributed by atoms with Crippen LogP contribution in [0.1, 0.15) is 49.9 Å². The molecule has 1 amide bonds. The minimum absolute atomic E-state index is 0.0615. The number of likely N-dealkylation sites (N-methyl/N-ethyl adjacent to an activating group) is 1. The number of cyclic esters (lactones) is 1. The number of phenols is 1. The Labute approximate surface area is 233 Å². The number of methoxy groups -OCH3 is 2. The van der Waals surface area contributed by atoms with Crippen molar-refractivity contribution in [3.63, 3.8) is 0 Å². The van der Waals surface area contributed by atoms with E-state index in [2.05, 4.69) is 17.2 Å². The number of aromatic hydroxyl groups is 1. The van der Waals surface area contributed by atoms with Crippen LogP contribution in [0.4, 0.5) is 0 Å². The summed E-state index contributed by atoms with van der Waals surface area (Å²) in [7, 11) is 4.98. The normalized spacial score (nSPS) is 19.8. The van der Waals surface area contributed by atoms with Gasteiger partial charge in [0, 0.05) is 30.3 Å². The smallest absolute Gasteiger partial charge is 0.332 e. The lowest BCUT2D eigenvalue weighted by Gasteiger charge is -2.39. The van der Waals surface area contributed by atoms with Crippen molar-refractivity contribution in [2.75, 3.05) is 40.5 Å². The molecule has 0 bridgehead atoms. The standard InChI is InChI=1S/C26H29ClN2O8.C2H6/c1-14(33-3)18(34-4)7-5-6-15-10-20(31)37-24(15)22-21-16(8-9-29(22)2)17(12-28-19(30)11-27)25-26(23(21)32)36-13-35-25;1-2/h10,22,24,32H,7-9,11-13H2,1-4H3,(H,28,30);1-2H3/b18-14-;. The first-order valence-electron chi connectivity index (χ1n) is 12.7. The molecule has 0 saturated carbocycles. The monoisotopic (exact) mass is 562 g/mol. The van der Waals surface area contributed by atoms with Gasteiger partial charge in [0.25, 0.3) is 0 Å². The van der Waals surface area contributed by atoms with Crippen molar-refractivity contribution in [3.05, 3.63) is 39.9 Å². The van der Waals surface area contributed by atoms with Crippen LogP contribution in [0, 0.1) is 11.8 Å². The average molecular weight is 563 g/mol. The van der Waals surface area contributed by atoms with Gasteiger partial charge in [-0.15, -0.1) is 11.6 Å². The molecule has 4 rings (SSSR count). The Morgan fingerprint density at radius 1 is 1.26 bits per heavy atom. The van der Waals surface area contributed by atoms with E-state index in [0.29, 0.717) is 46.9 Å². The number of nitrogens with one attached hydrogen (secondary N) is 1. The van der Waals surface area contributed by atoms with E-state index in [1.165, 1.54) is 13.2 Å². The number of carbonyl (C=O) groups excluding carboxylic acids is 2. The topological polar surface area (TPSA) is 116 Å². The molecule has 0 aromatic heterocycles. The highest BCUT2D eigenvalue weighted by atomic mass is 35.5. The first kappa shape index (κ1) is 30.0. The molecule has 39 heavy (non-hydrogen) atoms. The van der Waals surface area contributed by atoms with E-state index in [4.69, 9.17) is 35.3 Å². The zero-order chi connectivity index (χ0) is 28.7. The predicted octanol–water partition coefficient (Wildman–Crippen LogP) is 3.30. The van der Waals surface area contributed by atoms with Crippen LogP contribution in [0.2, 0.25) is 0 Å². The molecule has 2 N–H and O–H groups in total. The number of ether oxygens (including phenoxy) is 5. The summed E-state index contributed by atoms with van der Waals surface area (Å²) >= 11 is 5.66. The van der Waals surface area contributed by atoms with E-state index in [9.17, 15) is 14.7 Å². The third kappa shape index (κ3) is 6.21. The Morgan fingerprint density at radius 3 is 2.64 bits per heavy atom. The van der Waals surface area contributed by atoms with Gasteiger partial charge in [0.05, 0.1) is 32.3 Å². The summed E-state index contributed by atoms with van der Waals surface area (Å²) in [5.41, 5.74) is 2.53. The molecule has 0 aliphatic carbocycles. The second-order valence-electron chi connectivity index (χ2n) is 8.69. The number of allylic oxidation sites excluding steroid dienone is 2. The molecule has 3 aliphatic rings. The number of fused-ring (bicyclic) bond motifs is 2. The number of nitrogens with zero attached hydrogens (tertiary/aromatic N) is 1. The van der Waals surface area contributed by atoms with Crippen molar-refractivity contribution in [2.45, 2.75) is 52.3 Å². The van der Waals surface area contributed by atoms with Gasteiger partial charge in [-0.2, -0.15) is 0 Å². The Kier molecular flexibility index (Phi) is 10.4. The Bertz CT molecular complexity index is 1230. The largest absolute Gasteiger partial charge is 0.504 e. The molecular formula is C28H35ClN2O8. The third-order valence-corrected chi connectivity index (χ3v) is 6.89. The van der Waals surface area contributed by atoms with Crippen LogP contribution < -0.4 is 14.8 Å². The summed E-state index contributed by atoms with van der Waals surface area (Å²) in [6, 6.07) is -0.550. The van der Waals surface area contributed by atoms with Crippen molar-refractivity contribution < 1.29 is 38.4 Å². The maximum absolute atomic E-state index is 12.4. The van der Waals surface area contributed by atoms with Crippen LogP contribution in [-0.2, 0) is 36.8 Å². The first-order chi connectivity index (χ1) is 18.8. The Balaban J connectivity index is 0.00000205. The summed E-state index contributed by atoms with van der Waals surface area (Å²) in [5.74, 6) is 6.74. The summed E-state index contributed by atoms with van der Waals surface area (Å²) in [5, 5.41) is 14.1. The van der Waals surface area contributed by atoms with Crippen LogP contribution in [0.15, 0.2) is 23.2 Å². The van der Waals surface area contributed by atoms with Crippen LogP contribution in [0.5, 0.6) is 17.2 Å². The Hall–Kier alpha value is -3.55.